The molecule has 0 aromatic heterocycles. The molecule has 0 aliphatic rings. The molecule has 0 aliphatic carbocycles. The third-order valence-corrected chi connectivity index (χ3v) is 1.97. The van der Waals surface area contributed by atoms with Crippen LogP contribution in [0, 0.1) is 0 Å². The number of carboxylic acids is 1. The van der Waals surface area contributed by atoms with E-state index in [0.29, 0.717) is 0 Å². The van der Waals surface area contributed by atoms with E-state index < -0.39 is 18.5 Å². The monoisotopic (exact) mass is 259 g/mol. The van der Waals surface area contributed by atoms with Gasteiger partial charge >= 0.3 is 12.6 Å². The molecule has 2 N–H and O–H groups in total. The Labute approximate surface area is 101 Å². The van der Waals surface area contributed by atoms with Gasteiger partial charge in [-0.2, -0.15) is 8.78 Å². The number of rotatable bonds is 6. The van der Waals surface area contributed by atoms with Gasteiger partial charge in [0.25, 0.3) is 5.91 Å². The van der Waals surface area contributed by atoms with Crippen molar-refractivity contribution in [2.24, 2.45) is 0 Å². The quantitative estimate of drug-likeness (QED) is 0.811. The lowest BCUT2D eigenvalue weighted by molar-refractivity contribution is -0.136. The van der Waals surface area contributed by atoms with E-state index in [1.807, 2.05) is 0 Å². The summed E-state index contributed by atoms with van der Waals surface area (Å²) < 4.78 is 27.8. The molecule has 0 atom stereocenters. The van der Waals surface area contributed by atoms with Crippen molar-refractivity contribution in [3.05, 3.63) is 29.8 Å². The Morgan fingerprint density at radius 1 is 1.28 bits per heavy atom. The third-order valence-electron chi connectivity index (χ3n) is 1.97. The number of nitrogens with one attached hydrogen (secondary N) is 1. The molecular formula is C11H11F2NO4. The number of carbonyl (C=O) groups excluding carboxylic acids is 1. The summed E-state index contributed by atoms with van der Waals surface area (Å²) in [7, 11) is 0. The highest BCUT2D eigenvalue weighted by atomic mass is 19.3. The SMILES string of the molecule is O=C(O)CCNC(=O)c1ccc(OC(F)F)cc1. The fourth-order valence-corrected chi connectivity index (χ4v) is 1.17. The number of ether oxygens (including phenoxy) is 1. The molecular weight excluding hydrogens is 248 g/mol. The van der Waals surface area contributed by atoms with Crippen LogP contribution in [0.4, 0.5) is 8.78 Å². The Hall–Kier alpha value is -2.18. The van der Waals surface area contributed by atoms with Crippen molar-refractivity contribution in [3.63, 3.8) is 0 Å². The summed E-state index contributed by atoms with van der Waals surface area (Å²) >= 11 is 0. The molecule has 0 unspecified atom stereocenters. The Balaban J connectivity index is 2.51. The number of hydrogen-bond donors (Lipinski definition) is 2. The Bertz CT molecular complexity index is 420. The maximum atomic E-state index is 11.9. The van der Waals surface area contributed by atoms with E-state index in [2.05, 4.69) is 10.1 Å². The topological polar surface area (TPSA) is 75.6 Å². The van der Waals surface area contributed by atoms with Crippen LogP contribution in [0.5, 0.6) is 5.75 Å². The number of hydrogen-bond acceptors (Lipinski definition) is 3. The van der Waals surface area contributed by atoms with Gasteiger partial charge in [0.2, 0.25) is 0 Å². The second-order valence-electron chi connectivity index (χ2n) is 3.30. The van der Waals surface area contributed by atoms with Gasteiger partial charge in [-0.25, -0.2) is 0 Å². The first-order valence-corrected chi connectivity index (χ1v) is 5.04. The zero-order valence-electron chi connectivity index (χ0n) is 9.23. The number of carboxylic acid groups (broad SMARTS) is 1. The molecule has 1 aromatic carbocycles. The van der Waals surface area contributed by atoms with Gasteiger partial charge in [0.15, 0.2) is 0 Å². The van der Waals surface area contributed by atoms with E-state index in [9.17, 15) is 18.4 Å². The number of alkyl halides is 2. The van der Waals surface area contributed by atoms with Crippen LogP contribution in [0.15, 0.2) is 24.3 Å². The minimum Gasteiger partial charge on any atom is -0.481 e. The van der Waals surface area contributed by atoms with E-state index >= 15 is 0 Å². The molecule has 0 aliphatic heterocycles. The zero-order valence-corrected chi connectivity index (χ0v) is 9.23. The molecule has 0 radical (unpaired) electrons. The normalized spacial score (nSPS) is 10.2. The number of halogens is 2. The fourth-order valence-electron chi connectivity index (χ4n) is 1.17. The average Bonchev–Trinajstić information content (AvgIpc) is 2.28. The van der Waals surface area contributed by atoms with E-state index in [1.54, 1.807) is 0 Å². The molecule has 0 spiro atoms. The van der Waals surface area contributed by atoms with Gasteiger partial charge in [0.05, 0.1) is 6.42 Å². The molecule has 1 rings (SSSR count). The lowest BCUT2D eigenvalue weighted by atomic mass is 10.2. The summed E-state index contributed by atoms with van der Waals surface area (Å²) in [4.78, 5) is 21.7. The first kappa shape index (κ1) is 13.9. The van der Waals surface area contributed by atoms with Gasteiger partial charge in [-0.1, -0.05) is 0 Å². The van der Waals surface area contributed by atoms with Crippen LogP contribution in [0.3, 0.4) is 0 Å². The van der Waals surface area contributed by atoms with Crippen LogP contribution in [0.1, 0.15) is 16.8 Å². The van der Waals surface area contributed by atoms with Crippen molar-refractivity contribution in [1.29, 1.82) is 0 Å². The van der Waals surface area contributed by atoms with Crippen molar-refractivity contribution >= 4 is 11.9 Å². The summed E-state index contributed by atoms with van der Waals surface area (Å²) in [5.74, 6) is -1.54. The largest absolute Gasteiger partial charge is 0.481 e. The predicted molar refractivity (Wildman–Crippen MR) is 57.7 cm³/mol. The van der Waals surface area contributed by atoms with Gasteiger partial charge in [0.1, 0.15) is 5.75 Å². The lowest BCUT2D eigenvalue weighted by Gasteiger charge is -2.06. The van der Waals surface area contributed by atoms with Gasteiger partial charge in [0, 0.05) is 12.1 Å². The molecule has 0 fully saturated rings. The molecule has 7 heteroatoms. The van der Waals surface area contributed by atoms with E-state index in [0.717, 1.165) is 0 Å². The Morgan fingerprint density at radius 2 is 1.89 bits per heavy atom. The minimum absolute atomic E-state index is 0.00342. The number of amides is 1. The molecule has 1 aromatic rings. The molecule has 98 valence electrons. The van der Waals surface area contributed by atoms with Crippen LogP contribution < -0.4 is 10.1 Å². The van der Waals surface area contributed by atoms with Crippen LogP contribution in [0.2, 0.25) is 0 Å². The minimum atomic E-state index is -2.92. The Morgan fingerprint density at radius 3 is 2.39 bits per heavy atom. The standard InChI is InChI=1S/C11H11F2NO4/c12-11(13)18-8-3-1-7(2-4-8)10(17)14-6-5-9(15)16/h1-4,11H,5-6H2,(H,14,17)(H,15,16). The first-order valence-electron chi connectivity index (χ1n) is 5.04. The highest BCUT2D eigenvalue weighted by molar-refractivity contribution is 5.94. The van der Waals surface area contributed by atoms with Crippen LogP contribution in [0.25, 0.3) is 0 Å². The lowest BCUT2D eigenvalue weighted by Crippen LogP contribution is -2.25. The van der Waals surface area contributed by atoms with Crippen LogP contribution >= 0.6 is 0 Å². The number of benzene rings is 1. The maximum Gasteiger partial charge on any atom is 0.387 e. The van der Waals surface area contributed by atoms with Crippen LogP contribution in [-0.2, 0) is 4.79 Å². The molecule has 5 nitrogen and oxygen atoms in total. The fraction of sp³-hybridized carbons (Fsp3) is 0.273. The van der Waals surface area contributed by atoms with Gasteiger partial charge < -0.3 is 15.2 Å². The van der Waals surface area contributed by atoms with Crippen LogP contribution in [-0.4, -0.2) is 30.1 Å². The second-order valence-corrected chi connectivity index (χ2v) is 3.30. The maximum absolute atomic E-state index is 11.9. The highest BCUT2D eigenvalue weighted by Gasteiger charge is 2.08. The zero-order chi connectivity index (χ0) is 13.5. The van der Waals surface area contributed by atoms with Crippen molar-refractivity contribution < 1.29 is 28.2 Å². The van der Waals surface area contributed by atoms with E-state index in [-0.39, 0.29) is 24.3 Å². The van der Waals surface area contributed by atoms with Crippen molar-refractivity contribution in [2.75, 3.05) is 6.54 Å². The number of carbonyl (C=O) groups is 2. The first-order chi connectivity index (χ1) is 8.49. The van der Waals surface area contributed by atoms with Crippen molar-refractivity contribution in [2.45, 2.75) is 13.0 Å². The van der Waals surface area contributed by atoms with Gasteiger partial charge in [-0.3, -0.25) is 9.59 Å². The number of aliphatic carboxylic acids is 1. The molecule has 0 saturated carbocycles. The summed E-state index contributed by atoms with van der Waals surface area (Å²) in [5, 5.41) is 10.8. The smallest absolute Gasteiger partial charge is 0.387 e. The van der Waals surface area contributed by atoms with Gasteiger partial charge in [-0.05, 0) is 24.3 Å². The molecule has 0 saturated heterocycles. The van der Waals surface area contributed by atoms with E-state index in [4.69, 9.17) is 5.11 Å². The summed E-state index contributed by atoms with van der Waals surface area (Å²) in [5.41, 5.74) is 0.238. The second kappa shape index (κ2) is 6.53. The highest BCUT2D eigenvalue weighted by Crippen LogP contribution is 2.14. The third kappa shape index (κ3) is 4.77. The molecule has 1 amide bonds. The van der Waals surface area contributed by atoms with Crippen molar-refractivity contribution in [3.8, 4) is 5.75 Å². The Kier molecular flexibility index (Phi) is 5.04. The predicted octanol–water partition coefficient (Wildman–Crippen LogP) is 1.49. The molecule has 18 heavy (non-hydrogen) atoms. The summed E-state index contributed by atoms with van der Waals surface area (Å²) in [6.07, 6.45) is -0.182. The average molecular weight is 259 g/mol. The molecule has 0 heterocycles. The summed E-state index contributed by atoms with van der Waals surface area (Å²) in [6.45, 7) is -2.91. The molecule has 0 bridgehead atoms. The summed E-state index contributed by atoms with van der Waals surface area (Å²) in [6, 6.07) is 5.10. The van der Waals surface area contributed by atoms with Crippen molar-refractivity contribution in [1.82, 2.24) is 5.32 Å². The van der Waals surface area contributed by atoms with E-state index in [1.165, 1.54) is 24.3 Å². The van der Waals surface area contributed by atoms with Gasteiger partial charge in [-0.15, -0.1) is 0 Å².